The summed E-state index contributed by atoms with van der Waals surface area (Å²) in [5.74, 6) is 0. The van der Waals surface area contributed by atoms with Crippen molar-refractivity contribution in [1.29, 1.82) is 0 Å². The molecule has 0 rings (SSSR count). The highest BCUT2D eigenvalue weighted by atomic mass is 16.6. The van der Waals surface area contributed by atoms with Gasteiger partial charge in [-0.05, 0) is 37.8 Å². The number of nitrogens with zero attached hydrogens (tertiary/aromatic N) is 3. The van der Waals surface area contributed by atoms with Crippen LogP contribution < -0.4 is 0 Å². The summed E-state index contributed by atoms with van der Waals surface area (Å²) in [7, 11) is 0. The molecule has 0 aromatic rings. The molecule has 168 valence electrons. The van der Waals surface area contributed by atoms with Crippen molar-refractivity contribution in [1.82, 2.24) is 0 Å². The standard InChI is InChI=1S/C20H31N3O7/c1-2-3-4-5-6-7-9-13-19(22(27)28)17-20(23(29)30)15-14-18(21(25)26)12-10-8-11-16-24/h12-13,15-16H,2-11,14,17H2,1H3/b18-12+,19-13+,20-15+. The second-order valence-corrected chi connectivity index (χ2v) is 6.89. The fraction of sp³-hybridized carbons (Fsp3) is 0.650. The number of carbonyl (C=O) groups excluding carboxylic acids is 1. The predicted octanol–water partition coefficient (Wildman–Crippen LogP) is 5.37. The molecule has 0 radical (unpaired) electrons. The van der Waals surface area contributed by atoms with Crippen molar-refractivity contribution in [3.05, 3.63) is 65.7 Å². The highest BCUT2D eigenvalue weighted by Crippen LogP contribution is 2.18. The SMILES string of the molecule is CCCCCCCC/C=C(\C/C(=C\C/C(=C\CCCC=O)[N+](=O)[O-])[N+](=O)[O-])[N+](=O)[O-]. The van der Waals surface area contributed by atoms with E-state index in [-0.39, 0.29) is 24.2 Å². The van der Waals surface area contributed by atoms with Gasteiger partial charge in [-0.1, -0.05) is 39.0 Å². The minimum Gasteiger partial charge on any atom is -0.303 e. The fourth-order valence-corrected chi connectivity index (χ4v) is 2.73. The second-order valence-electron chi connectivity index (χ2n) is 6.89. The van der Waals surface area contributed by atoms with Crippen LogP contribution in [0.3, 0.4) is 0 Å². The van der Waals surface area contributed by atoms with Gasteiger partial charge in [0.25, 0.3) is 11.4 Å². The van der Waals surface area contributed by atoms with E-state index in [0.29, 0.717) is 25.5 Å². The molecular formula is C20H31N3O7. The Morgan fingerprint density at radius 1 is 0.667 bits per heavy atom. The Morgan fingerprint density at radius 2 is 1.17 bits per heavy atom. The molecule has 0 aliphatic rings. The lowest BCUT2D eigenvalue weighted by molar-refractivity contribution is -0.450. The van der Waals surface area contributed by atoms with Crippen LogP contribution in [0.1, 0.15) is 84.0 Å². The van der Waals surface area contributed by atoms with Gasteiger partial charge in [-0.2, -0.15) is 0 Å². The lowest BCUT2D eigenvalue weighted by Crippen LogP contribution is -2.07. The van der Waals surface area contributed by atoms with Gasteiger partial charge in [0.15, 0.2) is 0 Å². The van der Waals surface area contributed by atoms with Gasteiger partial charge in [-0.25, -0.2) is 0 Å². The number of hydrogen-bond donors (Lipinski definition) is 0. The van der Waals surface area contributed by atoms with E-state index >= 15 is 0 Å². The zero-order valence-electron chi connectivity index (χ0n) is 17.5. The van der Waals surface area contributed by atoms with E-state index in [4.69, 9.17) is 0 Å². The Bertz CT molecular complexity index is 669. The first-order chi connectivity index (χ1) is 14.3. The normalized spacial score (nSPS) is 12.6. The molecule has 0 spiro atoms. The molecule has 0 atom stereocenters. The third-order valence-corrected chi connectivity index (χ3v) is 4.46. The molecule has 0 aliphatic heterocycles. The van der Waals surface area contributed by atoms with Gasteiger partial charge in [0.2, 0.25) is 5.70 Å². The number of rotatable bonds is 18. The molecule has 10 nitrogen and oxygen atoms in total. The number of carbonyl (C=O) groups is 1. The summed E-state index contributed by atoms with van der Waals surface area (Å²) in [6, 6.07) is 0. The maximum absolute atomic E-state index is 11.3. The maximum atomic E-state index is 11.3. The first-order valence-electron chi connectivity index (χ1n) is 10.3. The Morgan fingerprint density at radius 3 is 1.73 bits per heavy atom. The van der Waals surface area contributed by atoms with Gasteiger partial charge in [0.1, 0.15) is 12.7 Å². The molecule has 10 heteroatoms. The van der Waals surface area contributed by atoms with E-state index in [9.17, 15) is 35.1 Å². The van der Waals surface area contributed by atoms with E-state index in [0.717, 1.165) is 44.6 Å². The molecule has 0 aromatic heterocycles. The van der Waals surface area contributed by atoms with Gasteiger partial charge in [-0.15, -0.1) is 0 Å². The average molecular weight is 425 g/mol. The number of hydrogen-bond acceptors (Lipinski definition) is 7. The number of aldehydes is 1. The van der Waals surface area contributed by atoms with Crippen LogP contribution in [0.2, 0.25) is 0 Å². The number of nitro groups is 3. The third-order valence-electron chi connectivity index (χ3n) is 4.46. The third kappa shape index (κ3) is 13.3. The molecule has 0 aromatic carbocycles. The van der Waals surface area contributed by atoms with Crippen LogP contribution in [0.25, 0.3) is 0 Å². The van der Waals surface area contributed by atoms with Gasteiger partial charge < -0.3 is 4.79 Å². The molecule has 0 unspecified atom stereocenters. The van der Waals surface area contributed by atoms with E-state index < -0.39 is 26.9 Å². The maximum Gasteiger partial charge on any atom is 0.253 e. The van der Waals surface area contributed by atoms with Crippen molar-refractivity contribution in [3.63, 3.8) is 0 Å². The van der Waals surface area contributed by atoms with Crippen LogP contribution in [-0.2, 0) is 4.79 Å². The smallest absolute Gasteiger partial charge is 0.253 e. The van der Waals surface area contributed by atoms with Crippen molar-refractivity contribution >= 4 is 6.29 Å². The minimum atomic E-state index is -0.744. The summed E-state index contributed by atoms with van der Waals surface area (Å²) < 4.78 is 0. The topological polar surface area (TPSA) is 146 Å². The van der Waals surface area contributed by atoms with Crippen LogP contribution in [-0.4, -0.2) is 21.1 Å². The van der Waals surface area contributed by atoms with E-state index in [1.165, 1.54) is 12.2 Å². The molecule has 0 bridgehead atoms. The second kappa shape index (κ2) is 17.0. The monoisotopic (exact) mass is 425 g/mol. The van der Waals surface area contributed by atoms with Gasteiger partial charge in [-0.3, -0.25) is 30.3 Å². The highest BCUT2D eigenvalue weighted by molar-refractivity contribution is 5.49. The zero-order valence-corrected chi connectivity index (χ0v) is 17.5. The Hall–Kier alpha value is -2.91. The Labute approximate surface area is 176 Å². The molecule has 0 N–H and O–H groups in total. The van der Waals surface area contributed by atoms with E-state index in [1.807, 2.05) is 0 Å². The number of allylic oxidation sites excluding steroid dienone is 3. The lowest BCUT2D eigenvalue weighted by Gasteiger charge is -2.01. The van der Waals surface area contributed by atoms with E-state index in [2.05, 4.69) is 6.92 Å². The van der Waals surface area contributed by atoms with Crippen molar-refractivity contribution < 1.29 is 19.6 Å². The molecule has 30 heavy (non-hydrogen) atoms. The lowest BCUT2D eigenvalue weighted by atomic mass is 10.1. The summed E-state index contributed by atoms with van der Waals surface area (Å²) in [5, 5.41) is 33.6. The van der Waals surface area contributed by atoms with E-state index in [1.54, 1.807) is 0 Å². The van der Waals surface area contributed by atoms with Crippen molar-refractivity contribution in [2.45, 2.75) is 84.0 Å². The molecular weight excluding hydrogens is 394 g/mol. The van der Waals surface area contributed by atoms with Crippen LogP contribution >= 0.6 is 0 Å². The zero-order chi connectivity index (χ0) is 22.8. The van der Waals surface area contributed by atoms with Crippen molar-refractivity contribution in [2.24, 2.45) is 0 Å². The first kappa shape index (κ1) is 27.1. The average Bonchev–Trinajstić information content (AvgIpc) is 2.69. The fourth-order valence-electron chi connectivity index (χ4n) is 2.73. The molecule has 0 heterocycles. The van der Waals surface area contributed by atoms with Crippen LogP contribution in [0.5, 0.6) is 0 Å². The molecule has 0 saturated carbocycles. The van der Waals surface area contributed by atoms with Crippen LogP contribution in [0, 0.1) is 30.3 Å². The van der Waals surface area contributed by atoms with Gasteiger partial charge in [0, 0.05) is 12.5 Å². The summed E-state index contributed by atoms with van der Waals surface area (Å²) in [6.07, 6.45) is 11.3. The summed E-state index contributed by atoms with van der Waals surface area (Å²) in [6.45, 7) is 2.12. The summed E-state index contributed by atoms with van der Waals surface area (Å²) in [4.78, 5) is 41.9. The molecule has 0 amide bonds. The van der Waals surface area contributed by atoms with Gasteiger partial charge >= 0.3 is 0 Å². The number of unbranched alkanes of at least 4 members (excludes halogenated alkanes) is 8. The summed E-state index contributed by atoms with van der Waals surface area (Å²) in [5.41, 5.74) is -0.954. The minimum absolute atomic E-state index is 0.237. The van der Waals surface area contributed by atoms with Gasteiger partial charge in [0.05, 0.1) is 21.2 Å². The molecule has 0 saturated heterocycles. The van der Waals surface area contributed by atoms with Crippen LogP contribution in [0.15, 0.2) is 35.3 Å². The first-order valence-corrected chi connectivity index (χ1v) is 10.3. The highest BCUT2D eigenvalue weighted by Gasteiger charge is 2.22. The quantitative estimate of drug-likeness (QED) is 0.124. The molecule has 0 fully saturated rings. The largest absolute Gasteiger partial charge is 0.303 e. The Balaban J connectivity index is 5.01. The van der Waals surface area contributed by atoms with Crippen molar-refractivity contribution in [3.8, 4) is 0 Å². The van der Waals surface area contributed by atoms with Crippen LogP contribution in [0.4, 0.5) is 0 Å². The van der Waals surface area contributed by atoms with Crippen molar-refractivity contribution in [2.75, 3.05) is 0 Å². The predicted molar refractivity (Wildman–Crippen MR) is 112 cm³/mol. The Kier molecular flexibility index (Phi) is 15.3. The molecule has 0 aliphatic carbocycles. The summed E-state index contributed by atoms with van der Waals surface area (Å²) >= 11 is 0.